The number of aromatic nitrogens is 3. The average molecular weight is 424 g/mol. The molecule has 0 unspecified atom stereocenters. The van der Waals surface area contributed by atoms with Gasteiger partial charge in [-0.1, -0.05) is 30.3 Å². The van der Waals surface area contributed by atoms with E-state index >= 15 is 0 Å². The maximum atomic E-state index is 13.9. The number of hydrogen-bond acceptors (Lipinski definition) is 5. The summed E-state index contributed by atoms with van der Waals surface area (Å²) in [7, 11) is 0. The van der Waals surface area contributed by atoms with Gasteiger partial charge in [-0.15, -0.1) is 11.3 Å². The molecule has 0 fully saturated rings. The van der Waals surface area contributed by atoms with Gasteiger partial charge in [0, 0.05) is 17.0 Å². The van der Waals surface area contributed by atoms with Crippen LogP contribution in [-0.2, 0) is 6.54 Å². The minimum absolute atomic E-state index is 0.00119. The van der Waals surface area contributed by atoms with Crippen LogP contribution in [0, 0.1) is 11.6 Å². The topological polar surface area (TPSA) is 76.9 Å². The zero-order chi connectivity index (χ0) is 21.1. The van der Waals surface area contributed by atoms with Gasteiger partial charge >= 0.3 is 0 Å². The molecule has 0 radical (unpaired) electrons. The molecule has 2 aromatic heterocycles. The van der Waals surface area contributed by atoms with Crippen LogP contribution < -0.4 is 10.9 Å². The molecule has 1 N–H and O–H groups in total. The van der Waals surface area contributed by atoms with Gasteiger partial charge in [0.05, 0.1) is 12.2 Å². The van der Waals surface area contributed by atoms with Crippen molar-refractivity contribution >= 4 is 22.4 Å². The Balaban J connectivity index is 1.53. The first-order chi connectivity index (χ1) is 14.5. The van der Waals surface area contributed by atoms with Gasteiger partial charge in [-0.25, -0.2) is 18.4 Å². The Morgan fingerprint density at radius 1 is 1.07 bits per heavy atom. The maximum Gasteiger partial charge on any atom is 0.277 e. The smallest absolute Gasteiger partial charge is 0.277 e. The summed E-state index contributed by atoms with van der Waals surface area (Å²) in [6, 6.07) is 14.9. The largest absolute Gasteiger partial charge is 0.296 e. The SMILES string of the molecule is O=C(Nc1nc(-c2cc(F)ccc2F)cs1)c1ccc(=O)n(Cc2ccccc2)n1. The Morgan fingerprint density at radius 3 is 2.67 bits per heavy atom. The molecular formula is C21H14F2N4O2S. The quantitative estimate of drug-likeness (QED) is 0.526. The molecule has 0 spiro atoms. The third kappa shape index (κ3) is 4.31. The number of rotatable bonds is 5. The van der Waals surface area contributed by atoms with Crippen molar-refractivity contribution in [2.75, 3.05) is 5.32 Å². The Morgan fingerprint density at radius 2 is 1.87 bits per heavy atom. The second-order valence-corrected chi connectivity index (χ2v) is 7.17. The summed E-state index contributed by atoms with van der Waals surface area (Å²) >= 11 is 1.06. The van der Waals surface area contributed by atoms with Crippen LogP contribution in [0.3, 0.4) is 0 Å². The molecule has 0 bridgehead atoms. The number of carbonyl (C=O) groups is 1. The Labute approximate surface area is 173 Å². The number of anilines is 1. The molecule has 2 heterocycles. The van der Waals surface area contributed by atoms with Crippen LogP contribution in [0.5, 0.6) is 0 Å². The van der Waals surface area contributed by atoms with Crippen molar-refractivity contribution in [3.05, 3.63) is 99.3 Å². The third-order valence-electron chi connectivity index (χ3n) is 4.20. The summed E-state index contributed by atoms with van der Waals surface area (Å²) in [6.07, 6.45) is 0. The molecule has 2 aromatic carbocycles. The summed E-state index contributed by atoms with van der Waals surface area (Å²) in [5.41, 5.74) is 0.759. The van der Waals surface area contributed by atoms with Crippen LogP contribution >= 0.6 is 11.3 Å². The molecule has 0 aliphatic heterocycles. The molecule has 0 aliphatic rings. The van der Waals surface area contributed by atoms with Gasteiger partial charge in [0.2, 0.25) is 0 Å². The zero-order valence-corrected chi connectivity index (χ0v) is 16.2. The van der Waals surface area contributed by atoms with Crippen molar-refractivity contribution in [2.45, 2.75) is 6.54 Å². The van der Waals surface area contributed by atoms with Crippen LogP contribution in [0.15, 0.2) is 70.8 Å². The molecule has 9 heteroatoms. The molecule has 1 amide bonds. The van der Waals surface area contributed by atoms with Crippen LogP contribution in [-0.4, -0.2) is 20.7 Å². The van der Waals surface area contributed by atoms with Crippen LogP contribution in [0.4, 0.5) is 13.9 Å². The predicted molar refractivity (Wildman–Crippen MR) is 109 cm³/mol. The summed E-state index contributed by atoms with van der Waals surface area (Å²) in [6.45, 7) is 0.223. The number of thiazole rings is 1. The van der Waals surface area contributed by atoms with E-state index in [2.05, 4.69) is 15.4 Å². The van der Waals surface area contributed by atoms with E-state index in [-0.39, 0.29) is 34.2 Å². The molecule has 0 aliphatic carbocycles. The molecule has 30 heavy (non-hydrogen) atoms. The first-order valence-electron chi connectivity index (χ1n) is 8.84. The molecule has 0 saturated heterocycles. The van der Waals surface area contributed by atoms with Gasteiger partial charge in [0.15, 0.2) is 5.13 Å². The highest BCUT2D eigenvalue weighted by molar-refractivity contribution is 7.14. The number of amides is 1. The van der Waals surface area contributed by atoms with E-state index in [1.54, 1.807) is 0 Å². The van der Waals surface area contributed by atoms with Gasteiger partial charge in [-0.2, -0.15) is 5.10 Å². The lowest BCUT2D eigenvalue weighted by atomic mass is 10.1. The second-order valence-electron chi connectivity index (χ2n) is 6.32. The van der Waals surface area contributed by atoms with Crippen molar-refractivity contribution in [2.24, 2.45) is 0 Å². The predicted octanol–water partition coefficient (Wildman–Crippen LogP) is 3.95. The highest BCUT2D eigenvalue weighted by Gasteiger charge is 2.15. The summed E-state index contributed by atoms with van der Waals surface area (Å²) in [4.78, 5) is 28.7. The number of nitrogens with zero attached hydrogens (tertiary/aromatic N) is 3. The first kappa shape index (κ1) is 19.6. The number of carbonyl (C=O) groups excluding carboxylic acids is 1. The normalized spacial score (nSPS) is 10.7. The lowest BCUT2D eigenvalue weighted by molar-refractivity contribution is 0.102. The lowest BCUT2D eigenvalue weighted by Crippen LogP contribution is -2.26. The van der Waals surface area contributed by atoms with Crippen LogP contribution in [0.25, 0.3) is 11.3 Å². The summed E-state index contributed by atoms with van der Waals surface area (Å²) in [5.74, 6) is -1.78. The van der Waals surface area contributed by atoms with E-state index in [1.165, 1.54) is 22.2 Å². The third-order valence-corrected chi connectivity index (χ3v) is 4.96. The average Bonchev–Trinajstić information content (AvgIpc) is 3.20. The number of nitrogens with one attached hydrogen (secondary N) is 1. The van der Waals surface area contributed by atoms with Gasteiger partial charge in [-0.3, -0.25) is 14.9 Å². The van der Waals surface area contributed by atoms with Crippen LogP contribution in [0.2, 0.25) is 0 Å². The van der Waals surface area contributed by atoms with E-state index in [9.17, 15) is 18.4 Å². The molecule has 0 atom stereocenters. The fourth-order valence-corrected chi connectivity index (χ4v) is 3.46. The number of halogens is 2. The first-order valence-corrected chi connectivity index (χ1v) is 9.72. The monoisotopic (exact) mass is 424 g/mol. The van der Waals surface area contributed by atoms with Crippen molar-refractivity contribution in [3.8, 4) is 11.3 Å². The highest BCUT2D eigenvalue weighted by atomic mass is 32.1. The van der Waals surface area contributed by atoms with Gasteiger partial charge < -0.3 is 0 Å². The molecule has 4 rings (SSSR count). The summed E-state index contributed by atoms with van der Waals surface area (Å²) in [5, 5.41) is 8.39. The summed E-state index contributed by atoms with van der Waals surface area (Å²) < 4.78 is 28.5. The van der Waals surface area contributed by atoms with Crippen molar-refractivity contribution in [1.29, 1.82) is 0 Å². The van der Waals surface area contributed by atoms with E-state index in [4.69, 9.17) is 0 Å². The van der Waals surface area contributed by atoms with E-state index in [0.717, 1.165) is 35.1 Å². The number of benzene rings is 2. The zero-order valence-electron chi connectivity index (χ0n) is 15.4. The Kier molecular flexibility index (Phi) is 5.44. The molecular weight excluding hydrogens is 410 g/mol. The van der Waals surface area contributed by atoms with E-state index in [0.29, 0.717) is 0 Å². The Bertz CT molecular complexity index is 1270. The lowest BCUT2D eigenvalue weighted by Gasteiger charge is -2.07. The second kappa shape index (κ2) is 8.34. The van der Waals surface area contributed by atoms with Gasteiger partial charge in [0.25, 0.3) is 11.5 Å². The van der Waals surface area contributed by atoms with Crippen molar-refractivity contribution < 1.29 is 13.6 Å². The molecule has 150 valence electrons. The van der Waals surface area contributed by atoms with Crippen molar-refractivity contribution in [3.63, 3.8) is 0 Å². The Hall–Kier alpha value is -3.72. The fraction of sp³-hybridized carbons (Fsp3) is 0.0476. The van der Waals surface area contributed by atoms with E-state index < -0.39 is 17.5 Å². The van der Waals surface area contributed by atoms with Gasteiger partial charge in [0.1, 0.15) is 17.3 Å². The minimum atomic E-state index is -0.616. The minimum Gasteiger partial charge on any atom is -0.296 e. The maximum absolute atomic E-state index is 13.9. The standard InChI is InChI=1S/C21H14F2N4O2S/c22-14-6-7-16(23)15(10-14)18-12-30-21(24-18)25-20(29)17-8-9-19(28)27(26-17)11-13-4-2-1-3-5-13/h1-10,12H,11H2,(H,24,25,29). The molecule has 4 aromatic rings. The molecule has 0 saturated carbocycles. The van der Waals surface area contributed by atoms with Crippen molar-refractivity contribution in [1.82, 2.24) is 14.8 Å². The molecule has 6 nitrogen and oxygen atoms in total. The van der Waals surface area contributed by atoms with E-state index in [1.807, 2.05) is 30.3 Å². The number of hydrogen-bond donors (Lipinski definition) is 1. The fourth-order valence-electron chi connectivity index (χ4n) is 2.75. The van der Waals surface area contributed by atoms with Gasteiger partial charge in [-0.05, 0) is 29.8 Å². The highest BCUT2D eigenvalue weighted by Crippen LogP contribution is 2.27. The van der Waals surface area contributed by atoms with Crippen LogP contribution in [0.1, 0.15) is 16.1 Å².